The molecule has 0 spiro atoms. The number of carbonyl (C=O) groups excluding carboxylic acids is 4. The number of hydrogen-bond donors (Lipinski definition) is 7. The normalized spacial score (nSPS) is 15.4. The van der Waals surface area contributed by atoms with Crippen molar-refractivity contribution in [3.8, 4) is 0 Å². The largest absolute Gasteiger partial charge is 0.352 e. The van der Waals surface area contributed by atoms with E-state index >= 15 is 0 Å². The van der Waals surface area contributed by atoms with Gasteiger partial charge in [0, 0.05) is 69.9 Å². The van der Waals surface area contributed by atoms with Crippen LogP contribution >= 0.6 is 0 Å². The topological polar surface area (TPSA) is 187 Å². The van der Waals surface area contributed by atoms with E-state index < -0.39 is 11.0 Å². The van der Waals surface area contributed by atoms with Crippen molar-refractivity contribution in [1.29, 1.82) is 0 Å². The van der Waals surface area contributed by atoms with Crippen LogP contribution in [0.3, 0.4) is 0 Å². The summed E-state index contributed by atoms with van der Waals surface area (Å²) in [5.74, 6) is 0.569. The van der Waals surface area contributed by atoms with Crippen molar-refractivity contribution in [2.24, 2.45) is 5.73 Å². The van der Waals surface area contributed by atoms with Gasteiger partial charge in [-0.3, -0.25) is 19.2 Å². The second-order valence-corrected chi connectivity index (χ2v) is 17.1. The average Bonchev–Trinajstić information content (AvgIpc) is 3.64. The van der Waals surface area contributed by atoms with E-state index in [1.807, 2.05) is 64.3 Å². The smallest absolute Gasteiger partial charge is 0.225 e. The molecule has 13 nitrogen and oxygen atoms in total. The molecule has 0 saturated carbocycles. The number of nitrogens with zero attached hydrogens (tertiary/aromatic N) is 1. The number of benzene rings is 1. The summed E-state index contributed by atoms with van der Waals surface area (Å²) in [7, 11) is 0.823. The molecule has 1 aromatic carbocycles. The molecule has 8 N–H and O–H groups in total. The van der Waals surface area contributed by atoms with Gasteiger partial charge in [0.1, 0.15) is 5.78 Å². The van der Waals surface area contributed by atoms with Gasteiger partial charge in [-0.15, -0.1) is 0 Å². The molecule has 1 aromatic rings. The molecule has 350 valence electrons. The van der Waals surface area contributed by atoms with E-state index in [0.29, 0.717) is 44.6 Å². The maximum absolute atomic E-state index is 12.6. The van der Waals surface area contributed by atoms with Crippen molar-refractivity contribution in [3.63, 3.8) is 0 Å². The van der Waals surface area contributed by atoms with Crippen LogP contribution in [-0.2, 0) is 43.3 Å². The van der Waals surface area contributed by atoms with E-state index in [1.54, 1.807) is 0 Å². The van der Waals surface area contributed by atoms with E-state index in [9.17, 15) is 23.4 Å². The van der Waals surface area contributed by atoms with Crippen molar-refractivity contribution in [3.05, 3.63) is 119 Å². The molecule has 0 aromatic heterocycles. The van der Waals surface area contributed by atoms with E-state index in [4.69, 9.17) is 5.73 Å². The number of Topliss-reactive ketones (excluding diaryl/α,β-unsaturated/α-hetero) is 1. The molecule has 0 fully saturated rings. The summed E-state index contributed by atoms with van der Waals surface area (Å²) in [4.78, 5) is 46.7. The minimum atomic E-state index is -1.12. The number of nitrogens with two attached hydrogens (primary N) is 1. The van der Waals surface area contributed by atoms with Crippen molar-refractivity contribution in [2.45, 2.75) is 112 Å². The van der Waals surface area contributed by atoms with E-state index in [2.05, 4.69) is 98.6 Å². The van der Waals surface area contributed by atoms with E-state index in [1.165, 1.54) is 29.2 Å². The Bertz CT molecular complexity index is 1750. The zero-order valence-electron chi connectivity index (χ0n) is 39.1. The highest BCUT2D eigenvalue weighted by Crippen LogP contribution is 2.17. The third kappa shape index (κ3) is 31.0. The molecule has 0 heterocycles. The van der Waals surface area contributed by atoms with Crippen molar-refractivity contribution >= 4 is 35.0 Å². The lowest BCUT2D eigenvalue weighted by Crippen LogP contribution is -2.38. The Morgan fingerprint density at radius 1 is 0.952 bits per heavy atom. The van der Waals surface area contributed by atoms with Crippen molar-refractivity contribution in [2.75, 3.05) is 52.1 Å². The van der Waals surface area contributed by atoms with Crippen LogP contribution in [0.2, 0.25) is 0 Å². The Kier molecular flexibility index (Phi) is 32.1. The van der Waals surface area contributed by atoms with Gasteiger partial charge in [0.15, 0.2) is 0 Å². The summed E-state index contributed by atoms with van der Waals surface area (Å²) in [5, 5.41) is 14.8. The third-order valence-corrected chi connectivity index (χ3v) is 10.7. The summed E-state index contributed by atoms with van der Waals surface area (Å²) in [6, 6.07) is 8.41. The SMILES string of the molecule is CC(=O)CNC=O.CCCN(CCNCCC(=O)NC1C=CC(CC(C)NS(=O)CC2=CC=CC=CC2)=CCC1)CCC(=O)N/C(C)=C/C=C(C)C.CNCc1ccc(CN)cc1. The van der Waals surface area contributed by atoms with Gasteiger partial charge >= 0.3 is 0 Å². The van der Waals surface area contributed by atoms with E-state index in [0.717, 1.165) is 69.6 Å². The number of carbonyl (C=O) groups is 4. The number of ketones is 1. The lowest BCUT2D eigenvalue weighted by molar-refractivity contribution is -0.122. The first-order valence-corrected chi connectivity index (χ1v) is 23.6. The molecule has 0 radical (unpaired) electrons. The van der Waals surface area contributed by atoms with Gasteiger partial charge in [0.05, 0.1) is 23.3 Å². The molecule has 3 rings (SSSR count). The summed E-state index contributed by atoms with van der Waals surface area (Å²) < 4.78 is 15.9. The van der Waals surface area contributed by atoms with Crippen LogP contribution < -0.4 is 37.0 Å². The Morgan fingerprint density at radius 2 is 1.70 bits per heavy atom. The monoisotopic (exact) mass is 891 g/mol. The minimum Gasteiger partial charge on any atom is -0.352 e. The zero-order chi connectivity index (χ0) is 46.7. The van der Waals surface area contributed by atoms with Gasteiger partial charge in [-0.2, -0.15) is 0 Å². The first kappa shape index (κ1) is 56.4. The van der Waals surface area contributed by atoms with Gasteiger partial charge in [-0.1, -0.05) is 103 Å². The van der Waals surface area contributed by atoms with Gasteiger partial charge in [0.2, 0.25) is 18.2 Å². The second-order valence-electron chi connectivity index (χ2n) is 15.9. The Labute approximate surface area is 381 Å². The Balaban J connectivity index is 0.000000905. The zero-order valence-corrected chi connectivity index (χ0v) is 39.9. The predicted molar refractivity (Wildman–Crippen MR) is 262 cm³/mol. The number of allylic oxidation sites excluding steroid dienone is 11. The number of amides is 3. The lowest BCUT2D eigenvalue weighted by atomic mass is 10.1. The number of nitrogens with one attached hydrogen (secondary N) is 6. The predicted octanol–water partition coefficient (Wildman–Crippen LogP) is 5.48. The fourth-order valence-electron chi connectivity index (χ4n) is 6.24. The second kappa shape index (κ2) is 35.8. The Hall–Kier alpha value is -4.57. The standard InChI is InChI=1S/C36H57N5O3S.C9H14N2.C4H7NO2/c1-6-24-41(25-21-36(43)38-30(4)17-16-29(2)3)26-23-37-22-20-35(42)39-34-15-11-14-32(18-19-34)27-31(5)40-45(44)28-33-12-9-7-8-10-13-33;1-11-7-9-4-2-8(6-10)3-5-9;1-4(7)2-5-3-6/h7-10,12,14,16-19,31,34,37,40H,6,11,13,15,20-28H2,1-5H3,(H,38,43)(H,39,42);2-5,11H,6-7,10H2,1H3;3H,2H2,1H3,(H,5,6)/b30-17+;;. The molecule has 0 saturated heterocycles. The maximum atomic E-state index is 12.6. The molecule has 0 bridgehead atoms. The molecular formula is C49H78N8O5S. The highest BCUT2D eigenvalue weighted by atomic mass is 32.2. The maximum Gasteiger partial charge on any atom is 0.225 e. The molecule has 14 heteroatoms. The first-order valence-electron chi connectivity index (χ1n) is 22.2. The first-order chi connectivity index (χ1) is 30.3. The fourth-order valence-corrected chi connectivity index (χ4v) is 7.40. The molecule has 0 aliphatic heterocycles. The minimum absolute atomic E-state index is 0.0126. The quantitative estimate of drug-likeness (QED) is 0.0360. The van der Waals surface area contributed by atoms with Gasteiger partial charge in [-0.25, -0.2) is 8.93 Å². The van der Waals surface area contributed by atoms with Gasteiger partial charge < -0.3 is 37.2 Å². The van der Waals surface area contributed by atoms with Crippen LogP contribution in [0.4, 0.5) is 0 Å². The molecule has 3 atom stereocenters. The Morgan fingerprint density at radius 3 is 2.35 bits per heavy atom. The average molecular weight is 891 g/mol. The molecule has 3 unspecified atom stereocenters. The molecular weight excluding hydrogens is 813 g/mol. The molecule has 63 heavy (non-hydrogen) atoms. The number of rotatable bonds is 26. The van der Waals surface area contributed by atoms with E-state index in [-0.39, 0.29) is 36.2 Å². The molecule has 3 amide bonds. The van der Waals surface area contributed by atoms with Crippen molar-refractivity contribution in [1.82, 2.24) is 36.2 Å². The van der Waals surface area contributed by atoms with Crippen LogP contribution in [0.5, 0.6) is 0 Å². The highest BCUT2D eigenvalue weighted by Gasteiger charge is 2.15. The fraction of sp³-hybridized carbons (Fsp3) is 0.510. The summed E-state index contributed by atoms with van der Waals surface area (Å²) >= 11 is 0. The summed E-state index contributed by atoms with van der Waals surface area (Å²) in [6.07, 6.45) is 26.3. The van der Waals surface area contributed by atoms with Gasteiger partial charge in [-0.05, 0) is 97.5 Å². The number of hydrogen-bond acceptors (Lipinski definition) is 9. The summed E-state index contributed by atoms with van der Waals surface area (Å²) in [6.45, 7) is 17.1. The molecule has 2 aliphatic rings. The summed E-state index contributed by atoms with van der Waals surface area (Å²) in [5.41, 5.74) is 12.3. The molecule has 2 aliphatic carbocycles. The van der Waals surface area contributed by atoms with Gasteiger partial charge in [0.25, 0.3) is 0 Å². The van der Waals surface area contributed by atoms with Crippen LogP contribution in [0, 0.1) is 0 Å². The van der Waals surface area contributed by atoms with Crippen molar-refractivity contribution < 1.29 is 23.4 Å². The van der Waals surface area contributed by atoms with Crippen LogP contribution in [0.15, 0.2) is 107 Å². The lowest BCUT2D eigenvalue weighted by Gasteiger charge is -2.21. The highest BCUT2D eigenvalue weighted by molar-refractivity contribution is 7.83. The van der Waals surface area contributed by atoms with Crippen LogP contribution in [0.1, 0.15) is 97.6 Å². The van der Waals surface area contributed by atoms with Crippen LogP contribution in [0.25, 0.3) is 0 Å². The van der Waals surface area contributed by atoms with Crippen LogP contribution in [-0.4, -0.2) is 97.3 Å². The third-order valence-electron chi connectivity index (χ3n) is 9.44.